The molecule has 0 atom stereocenters. The summed E-state index contributed by atoms with van der Waals surface area (Å²) in [5.74, 6) is 0. The van der Waals surface area contributed by atoms with Crippen molar-refractivity contribution in [2.75, 3.05) is 0 Å². The van der Waals surface area contributed by atoms with Crippen molar-refractivity contribution in [2.24, 2.45) is 0 Å². The van der Waals surface area contributed by atoms with Gasteiger partial charge in [-0.3, -0.25) is 15.0 Å². The maximum atomic E-state index is 9.79. The Hall–Kier alpha value is -2.23. The first-order valence-electron chi connectivity index (χ1n) is 6.01. The number of aromatic nitrogens is 3. The zero-order valence-corrected chi connectivity index (χ0v) is 12.8. The van der Waals surface area contributed by atoms with Gasteiger partial charge in [0.25, 0.3) is 0 Å². The minimum absolute atomic E-state index is 1.75. The number of rotatable bonds is 0. The van der Waals surface area contributed by atoms with Crippen LogP contribution in [0.1, 0.15) is 0 Å². The van der Waals surface area contributed by atoms with E-state index < -0.39 is 15.5 Å². The van der Waals surface area contributed by atoms with Gasteiger partial charge < -0.3 is 0 Å². The van der Waals surface area contributed by atoms with Crippen molar-refractivity contribution in [3.63, 3.8) is 0 Å². The van der Waals surface area contributed by atoms with Crippen LogP contribution < -0.4 is 0 Å². The summed E-state index contributed by atoms with van der Waals surface area (Å²) < 4.78 is 29.4. The Morgan fingerprint density at radius 2 is 0.591 bits per heavy atom. The van der Waals surface area contributed by atoms with Gasteiger partial charge in [0.15, 0.2) is 0 Å². The molecule has 117 valence electrons. The molecule has 0 spiro atoms. The van der Waals surface area contributed by atoms with Gasteiger partial charge in [-0.1, -0.05) is 18.2 Å². The molecule has 0 unspecified atom stereocenters. The molecule has 0 aliphatic heterocycles. The molecular weight excluding hydrogens is 331 g/mol. The summed E-state index contributed by atoms with van der Waals surface area (Å²) in [6, 6.07) is 17.1. The molecule has 0 bridgehead atoms. The molecule has 0 aliphatic carbocycles. The van der Waals surface area contributed by atoms with Gasteiger partial charge in [0.05, 0.1) is 0 Å². The zero-order valence-electron chi connectivity index (χ0n) is 11.5. The maximum absolute atomic E-state index is 9.79. The summed E-state index contributed by atoms with van der Waals surface area (Å²) >= 11 is -4.54. The molecule has 0 saturated heterocycles. The summed E-state index contributed by atoms with van der Waals surface area (Å²) in [6.45, 7) is 0. The monoisotopic (exact) mass is 346 g/mol. The van der Waals surface area contributed by atoms with E-state index in [9.17, 15) is 10.6 Å². The summed E-state index contributed by atoms with van der Waals surface area (Å²) in [7, 11) is 0. The molecule has 0 radical (unpaired) electrons. The van der Waals surface area contributed by atoms with Gasteiger partial charge in [0, 0.05) is 37.2 Å². The molecule has 3 aromatic heterocycles. The predicted molar refractivity (Wildman–Crippen MR) is 76.0 cm³/mol. The quantitative estimate of drug-likeness (QED) is 0.601. The van der Waals surface area contributed by atoms with Crippen molar-refractivity contribution in [1.29, 1.82) is 0 Å². The standard InChI is InChI=1S/3C5H5N.Cr.3FH/c3*1-2-4-6-5-3-1;;;;/h3*1-5H;;3*1H/q;;;+3;;;/p-3. The number of hydrogen-bond donors (Lipinski definition) is 0. The fraction of sp³-hybridized carbons (Fsp3) is 0. The average Bonchev–Trinajstić information content (AvgIpc) is 2.60. The van der Waals surface area contributed by atoms with Gasteiger partial charge in [0.1, 0.15) is 0 Å². The second kappa shape index (κ2) is 16.8. The van der Waals surface area contributed by atoms with Crippen LogP contribution in [0.4, 0.5) is 10.6 Å². The molecule has 7 heteroatoms. The van der Waals surface area contributed by atoms with Crippen LogP contribution in [0.25, 0.3) is 0 Å². The van der Waals surface area contributed by atoms with E-state index >= 15 is 0 Å². The first-order chi connectivity index (χ1) is 10.7. The number of halogens is 3. The molecule has 3 rings (SSSR count). The van der Waals surface area contributed by atoms with E-state index in [4.69, 9.17) is 0 Å². The molecule has 0 aliphatic rings. The first kappa shape index (κ1) is 19.8. The van der Waals surface area contributed by atoms with Gasteiger partial charge in [-0.25, -0.2) is 0 Å². The Morgan fingerprint density at radius 1 is 0.409 bits per heavy atom. The van der Waals surface area contributed by atoms with Gasteiger partial charge in [0.2, 0.25) is 0 Å². The molecule has 3 heterocycles. The molecule has 22 heavy (non-hydrogen) atoms. The van der Waals surface area contributed by atoms with Crippen molar-refractivity contribution < 1.29 is 26.1 Å². The summed E-state index contributed by atoms with van der Waals surface area (Å²) in [6.07, 6.45) is 10.5. The van der Waals surface area contributed by atoms with E-state index in [1.807, 2.05) is 54.6 Å². The molecule has 0 amide bonds. The van der Waals surface area contributed by atoms with E-state index in [1.54, 1.807) is 37.2 Å². The average molecular weight is 346 g/mol. The molecule has 0 N–H and O–H groups in total. The molecule has 0 saturated carbocycles. The van der Waals surface area contributed by atoms with Crippen LogP contribution in [0.2, 0.25) is 0 Å². The largest absolute Gasteiger partial charge is 0.265 e. The third-order valence-corrected chi connectivity index (χ3v) is 1.70. The fourth-order valence-corrected chi connectivity index (χ4v) is 0.938. The second-order valence-electron chi connectivity index (χ2n) is 3.25. The van der Waals surface area contributed by atoms with Crippen LogP contribution >= 0.6 is 0 Å². The van der Waals surface area contributed by atoms with Crippen molar-refractivity contribution in [3.05, 3.63) is 91.8 Å². The van der Waals surface area contributed by atoms with Crippen LogP contribution in [-0.4, -0.2) is 15.0 Å². The smallest absolute Gasteiger partial charge is 0.0267 e. The summed E-state index contributed by atoms with van der Waals surface area (Å²) in [5.41, 5.74) is 0. The van der Waals surface area contributed by atoms with E-state index in [0.717, 1.165) is 0 Å². The number of hydrogen-bond acceptors (Lipinski definition) is 3. The van der Waals surface area contributed by atoms with Crippen molar-refractivity contribution >= 4 is 0 Å². The van der Waals surface area contributed by atoms with Crippen LogP contribution in [-0.2, 0) is 15.5 Å². The Labute approximate surface area is 133 Å². The van der Waals surface area contributed by atoms with Gasteiger partial charge in [-0.15, -0.1) is 0 Å². The van der Waals surface area contributed by atoms with Crippen molar-refractivity contribution in [2.45, 2.75) is 0 Å². The van der Waals surface area contributed by atoms with Crippen LogP contribution in [0.5, 0.6) is 0 Å². The maximum Gasteiger partial charge on any atom is 0.0267 e. The second-order valence-corrected chi connectivity index (χ2v) is 3.80. The van der Waals surface area contributed by atoms with E-state index in [0.29, 0.717) is 0 Å². The zero-order chi connectivity index (χ0) is 16.3. The minimum atomic E-state index is -4.54. The SMILES string of the molecule is [F][Cr]([F])[F].c1ccncc1.c1ccncc1.c1ccncc1. The Morgan fingerprint density at radius 3 is 0.636 bits per heavy atom. The third kappa shape index (κ3) is 20.1. The fourth-order valence-electron chi connectivity index (χ4n) is 0.938. The Bertz CT molecular complexity index is 358. The third-order valence-electron chi connectivity index (χ3n) is 1.70. The Balaban J connectivity index is 0.000000271. The summed E-state index contributed by atoms with van der Waals surface area (Å²) in [5, 5.41) is 0. The van der Waals surface area contributed by atoms with E-state index in [2.05, 4.69) is 15.0 Å². The number of pyridine rings is 3. The predicted octanol–water partition coefficient (Wildman–Crippen LogP) is 4.50. The van der Waals surface area contributed by atoms with Crippen molar-refractivity contribution in [1.82, 2.24) is 15.0 Å². The number of nitrogens with zero attached hydrogens (tertiary/aromatic N) is 3. The molecule has 0 aromatic carbocycles. The van der Waals surface area contributed by atoms with Gasteiger partial charge in [-0.2, -0.15) is 0 Å². The van der Waals surface area contributed by atoms with Gasteiger partial charge in [-0.05, 0) is 36.4 Å². The molecular formula is C15H15CrF3N3. The first-order valence-corrected chi connectivity index (χ1v) is 7.46. The molecule has 3 nitrogen and oxygen atoms in total. The van der Waals surface area contributed by atoms with E-state index in [1.165, 1.54) is 0 Å². The molecule has 3 aromatic rings. The topological polar surface area (TPSA) is 38.7 Å². The van der Waals surface area contributed by atoms with Crippen molar-refractivity contribution in [3.8, 4) is 0 Å². The van der Waals surface area contributed by atoms with E-state index in [-0.39, 0.29) is 0 Å². The minimum Gasteiger partial charge on any atom is -0.265 e. The summed E-state index contributed by atoms with van der Waals surface area (Å²) in [4.78, 5) is 11.4. The van der Waals surface area contributed by atoms with Crippen LogP contribution in [0, 0.1) is 0 Å². The van der Waals surface area contributed by atoms with Gasteiger partial charge >= 0.3 is 26.1 Å². The normalized spacial score (nSPS) is 8.18. The molecule has 0 fully saturated rings. The van der Waals surface area contributed by atoms with Crippen LogP contribution in [0.15, 0.2) is 91.8 Å². The van der Waals surface area contributed by atoms with Crippen LogP contribution in [0.3, 0.4) is 0 Å². The Kier molecular flexibility index (Phi) is 15.1.